The number of carbonyl (C=O) groups excluding carboxylic acids is 1. The van der Waals surface area contributed by atoms with E-state index in [2.05, 4.69) is 15.6 Å². The van der Waals surface area contributed by atoms with Crippen LogP contribution in [0.1, 0.15) is 32.9 Å². The van der Waals surface area contributed by atoms with Crippen molar-refractivity contribution in [1.82, 2.24) is 4.98 Å². The Balaban J connectivity index is 1.87. The van der Waals surface area contributed by atoms with Crippen LogP contribution in [0.5, 0.6) is 0 Å². The van der Waals surface area contributed by atoms with Crippen molar-refractivity contribution < 1.29 is 4.79 Å². The average molecular weight is 287 g/mol. The number of nitrogens with zero attached hydrogens (tertiary/aromatic N) is 1. The van der Waals surface area contributed by atoms with Gasteiger partial charge < -0.3 is 5.32 Å². The van der Waals surface area contributed by atoms with E-state index in [1.54, 1.807) is 0 Å². The van der Waals surface area contributed by atoms with Gasteiger partial charge in [-0.15, -0.1) is 11.3 Å². The molecular weight excluding hydrogens is 270 g/mol. The number of benzene rings is 1. The Hall–Kier alpha value is -1.88. The Bertz CT molecular complexity index is 644. The van der Waals surface area contributed by atoms with E-state index in [0.717, 1.165) is 46.8 Å². The molecule has 4 nitrogen and oxygen atoms in total. The maximum atomic E-state index is 12.4. The molecule has 0 saturated heterocycles. The highest BCUT2D eigenvalue weighted by atomic mass is 32.1. The van der Waals surface area contributed by atoms with Crippen LogP contribution in [-0.4, -0.2) is 17.4 Å². The number of nitrogens with one attached hydrogen (secondary N) is 2. The number of amides is 1. The van der Waals surface area contributed by atoms with Gasteiger partial charge in [-0.25, -0.2) is 4.98 Å². The topological polar surface area (TPSA) is 54.0 Å². The zero-order chi connectivity index (χ0) is 14.1. The molecule has 1 aliphatic rings. The van der Waals surface area contributed by atoms with E-state index in [1.807, 2.05) is 32.0 Å². The molecule has 104 valence electrons. The molecule has 0 fully saturated rings. The first kappa shape index (κ1) is 13.1. The van der Waals surface area contributed by atoms with Gasteiger partial charge in [0.15, 0.2) is 5.13 Å². The van der Waals surface area contributed by atoms with Gasteiger partial charge in [0.25, 0.3) is 5.91 Å². The summed E-state index contributed by atoms with van der Waals surface area (Å²) in [5.74, 6) is -0.0701. The van der Waals surface area contributed by atoms with Gasteiger partial charge in [0.05, 0.1) is 5.69 Å². The molecule has 0 bridgehead atoms. The van der Waals surface area contributed by atoms with Crippen LogP contribution in [-0.2, 0) is 6.42 Å². The van der Waals surface area contributed by atoms with E-state index < -0.39 is 0 Å². The summed E-state index contributed by atoms with van der Waals surface area (Å²) in [7, 11) is 0. The molecule has 20 heavy (non-hydrogen) atoms. The molecule has 0 atom stereocenters. The van der Waals surface area contributed by atoms with E-state index in [4.69, 9.17) is 0 Å². The lowest BCUT2D eigenvalue weighted by atomic mass is 9.97. The summed E-state index contributed by atoms with van der Waals surface area (Å²) < 4.78 is 0. The predicted octanol–water partition coefficient (Wildman–Crippen LogP) is 3.37. The second kappa shape index (κ2) is 5.25. The van der Waals surface area contributed by atoms with E-state index in [-0.39, 0.29) is 5.91 Å². The Kier molecular flexibility index (Phi) is 3.44. The second-order valence-corrected chi connectivity index (χ2v) is 6.18. The summed E-state index contributed by atoms with van der Waals surface area (Å²) in [6, 6.07) is 5.84. The van der Waals surface area contributed by atoms with Gasteiger partial charge >= 0.3 is 0 Å². The van der Waals surface area contributed by atoms with Crippen LogP contribution in [0, 0.1) is 13.8 Å². The van der Waals surface area contributed by atoms with Crippen molar-refractivity contribution in [1.29, 1.82) is 0 Å². The third-order valence-corrected chi connectivity index (χ3v) is 4.58. The van der Waals surface area contributed by atoms with Crippen LogP contribution in [0.3, 0.4) is 0 Å². The first-order chi connectivity index (χ1) is 9.65. The number of anilines is 2. The van der Waals surface area contributed by atoms with Crippen molar-refractivity contribution in [3.8, 4) is 0 Å². The zero-order valence-corrected chi connectivity index (χ0v) is 12.4. The minimum Gasteiger partial charge on any atom is -0.385 e. The van der Waals surface area contributed by atoms with Gasteiger partial charge in [0.1, 0.15) is 0 Å². The fourth-order valence-electron chi connectivity index (χ4n) is 2.41. The lowest BCUT2D eigenvalue weighted by molar-refractivity contribution is 0.102. The minimum atomic E-state index is -0.0701. The molecule has 5 heteroatoms. The van der Waals surface area contributed by atoms with Gasteiger partial charge in [0.2, 0.25) is 0 Å². The second-order valence-electron chi connectivity index (χ2n) is 4.98. The summed E-state index contributed by atoms with van der Waals surface area (Å²) >= 11 is 1.52. The van der Waals surface area contributed by atoms with Crippen molar-refractivity contribution in [3.63, 3.8) is 0 Å². The Morgan fingerprint density at radius 3 is 3.00 bits per heavy atom. The predicted molar refractivity (Wildman–Crippen MR) is 82.8 cm³/mol. The van der Waals surface area contributed by atoms with Crippen LogP contribution in [0.2, 0.25) is 0 Å². The average Bonchev–Trinajstić information content (AvgIpc) is 2.76. The maximum Gasteiger partial charge on any atom is 0.257 e. The largest absolute Gasteiger partial charge is 0.385 e. The van der Waals surface area contributed by atoms with Crippen LogP contribution < -0.4 is 10.6 Å². The molecule has 0 unspecified atom stereocenters. The van der Waals surface area contributed by atoms with Crippen molar-refractivity contribution in [3.05, 3.63) is 39.9 Å². The lowest BCUT2D eigenvalue weighted by Gasteiger charge is -2.20. The van der Waals surface area contributed by atoms with E-state index in [9.17, 15) is 4.79 Å². The molecule has 2 N–H and O–H groups in total. The molecule has 1 aliphatic heterocycles. The fourth-order valence-corrected chi connectivity index (χ4v) is 3.22. The fraction of sp³-hybridized carbons (Fsp3) is 0.333. The number of thiazole rings is 1. The molecular formula is C15H17N3OS. The Morgan fingerprint density at radius 2 is 2.25 bits per heavy atom. The van der Waals surface area contributed by atoms with E-state index in [0.29, 0.717) is 5.13 Å². The molecule has 1 amide bonds. The molecule has 2 aromatic rings. The van der Waals surface area contributed by atoms with Gasteiger partial charge in [-0.1, -0.05) is 6.07 Å². The zero-order valence-electron chi connectivity index (χ0n) is 11.6. The van der Waals surface area contributed by atoms with Crippen molar-refractivity contribution in [2.24, 2.45) is 0 Å². The molecule has 2 heterocycles. The molecule has 1 aromatic carbocycles. The third-order valence-electron chi connectivity index (χ3n) is 3.59. The number of hydrogen-bond donors (Lipinski definition) is 2. The molecule has 0 aliphatic carbocycles. The number of aryl methyl sites for hydroxylation is 2. The summed E-state index contributed by atoms with van der Waals surface area (Å²) in [6.45, 7) is 4.94. The van der Waals surface area contributed by atoms with Crippen LogP contribution in [0.4, 0.5) is 10.8 Å². The number of carbonyl (C=O) groups is 1. The SMILES string of the molecule is Cc1nc(NC(=O)c2cccc3c2CCCN3)sc1C. The van der Waals surface area contributed by atoms with Gasteiger partial charge in [0, 0.05) is 22.7 Å². The molecule has 0 radical (unpaired) electrons. The van der Waals surface area contributed by atoms with E-state index in [1.165, 1.54) is 11.3 Å². The van der Waals surface area contributed by atoms with Crippen molar-refractivity contribution >= 4 is 28.1 Å². The summed E-state index contributed by atoms with van der Waals surface area (Å²) in [6.07, 6.45) is 2.01. The lowest BCUT2D eigenvalue weighted by Crippen LogP contribution is -2.19. The summed E-state index contributed by atoms with van der Waals surface area (Å²) in [5, 5.41) is 6.93. The first-order valence-corrected chi connectivity index (χ1v) is 7.58. The quantitative estimate of drug-likeness (QED) is 0.890. The van der Waals surface area contributed by atoms with Gasteiger partial charge in [-0.2, -0.15) is 0 Å². The van der Waals surface area contributed by atoms with Crippen LogP contribution >= 0.6 is 11.3 Å². The number of fused-ring (bicyclic) bond motifs is 1. The van der Waals surface area contributed by atoms with Crippen molar-refractivity contribution in [2.75, 3.05) is 17.2 Å². The molecule has 3 rings (SSSR count). The Morgan fingerprint density at radius 1 is 1.40 bits per heavy atom. The molecule has 0 saturated carbocycles. The standard InChI is InChI=1S/C15H17N3OS/c1-9-10(2)20-15(17-9)18-14(19)12-5-3-7-13-11(12)6-4-8-16-13/h3,5,7,16H,4,6,8H2,1-2H3,(H,17,18,19). The summed E-state index contributed by atoms with van der Waals surface area (Å²) in [5.41, 5.74) is 3.92. The maximum absolute atomic E-state index is 12.4. The highest BCUT2D eigenvalue weighted by Gasteiger charge is 2.18. The highest BCUT2D eigenvalue weighted by molar-refractivity contribution is 7.15. The monoisotopic (exact) mass is 287 g/mol. The molecule has 1 aromatic heterocycles. The first-order valence-electron chi connectivity index (χ1n) is 6.76. The smallest absolute Gasteiger partial charge is 0.257 e. The van der Waals surface area contributed by atoms with Gasteiger partial charge in [-0.3, -0.25) is 10.1 Å². The number of rotatable bonds is 2. The number of aromatic nitrogens is 1. The van der Waals surface area contributed by atoms with Crippen molar-refractivity contribution in [2.45, 2.75) is 26.7 Å². The highest BCUT2D eigenvalue weighted by Crippen LogP contribution is 2.27. The number of hydrogen-bond acceptors (Lipinski definition) is 4. The van der Waals surface area contributed by atoms with Crippen LogP contribution in [0.15, 0.2) is 18.2 Å². The summed E-state index contributed by atoms with van der Waals surface area (Å²) in [4.78, 5) is 17.9. The molecule has 0 spiro atoms. The van der Waals surface area contributed by atoms with Crippen LogP contribution in [0.25, 0.3) is 0 Å². The third kappa shape index (κ3) is 2.41. The van der Waals surface area contributed by atoms with E-state index >= 15 is 0 Å². The Labute approximate surface area is 122 Å². The minimum absolute atomic E-state index is 0.0701. The normalized spacial score (nSPS) is 13.5. The van der Waals surface area contributed by atoms with Gasteiger partial charge in [-0.05, 0) is 44.4 Å².